The van der Waals surface area contributed by atoms with Crippen molar-refractivity contribution in [3.63, 3.8) is 0 Å². The van der Waals surface area contributed by atoms with Gasteiger partial charge in [0.15, 0.2) is 0 Å². The Labute approximate surface area is 138 Å². The number of carbonyl (C=O) groups is 1. The zero-order chi connectivity index (χ0) is 16.5. The molecule has 1 atom stereocenters. The molecular weight excluding hydrogens is 292 g/mol. The number of anilines is 1. The lowest BCUT2D eigenvalue weighted by Gasteiger charge is -2.22. The third-order valence-corrected chi connectivity index (χ3v) is 4.21. The van der Waals surface area contributed by atoms with E-state index in [4.69, 9.17) is 9.47 Å². The van der Waals surface area contributed by atoms with Crippen LogP contribution in [0, 0.1) is 12.8 Å². The Morgan fingerprint density at radius 2 is 2.17 bits per heavy atom. The number of hydrogen-bond donors (Lipinski definition) is 2. The van der Waals surface area contributed by atoms with Gasteiger partial charge in [0.2, 0.25) is 5.91 Å². The van der Waals surface area contributed by atoms with Crippen molar-refractivity contribution in [1.29, 1.82) is 0 Å². The van der Waals surface area contributed by atoms with Crippen LogP contribution in [0.15, 0.2) is 18.2 Å². The maximum atomic E-state index is 12.4. The second kappa shape index (κ2) is 9.65. The molecule has 1 aromatic carbocycles. The van der Waals surface area contributed by atoms with Gasteiger partial charge in [0.1, 0.15) is 0 Å². The van der Waals surface area contributed by atoms with Gasteiger partial charge in [-0.05, 0) is 50.4 Å². The summed E-state index contributed by atoms with van der Waals surface area (Å²) in [7, 11) is 0. The minimum Gasteiger partial charge on any atom is -0.379 e. The molecule has 0 saturated carbocycles. The van der Waals surface area contributed by atoms with E-state index < -0.39 is 0 Å². The van der Waals surface area contributed by atoms with E-state index in [-0.39, 0.29) is 11.8 Å². The van der Waals surface area contributed by atoms with Crippen molar-refractivity contribution in [2.45, 2.75) is 33.3 Å². The molecule has 0 aromatic heterocycles. The molecule has 1 heterocycles. The number of nitrogens with one attached hydrogen (secondary N) is 2. The molecule has 23 heavy (non-hydrogen) atoms. The first-order valence-electron chi connectivity index (χ1n) is 8.48. The van der Waals surface area contributed by atoms with E-state index in [1.807, 2.05) is 32.0 Å². The van der Waals surface area contributed by atoms with E-state index in [1.165, 1.54) is 0 Å². The second-order valence-electron chi connectivity index (χ2n) is 5.87. The molecule has 1 amide bonds. The smallest absolute Gasteiger partial charge is 0.228 e. The molecule has 5 heteroatoms. The molecule has 0 radical (unpaired) electrons. The van der Waals surface area contributed by atoms with Gasteiger partial charge >= 0.3 is 0 Å². The van der Waals surface area contributed by atoms with Gasteiger partial charge in [-0.25, -0.2) is 0 Å². The topological polar surface area (TPSA) is 59.6 Å². The molecule has 0 aliphatic carbocycles. The van der Waals surface area contributed by atoms with Crippen molar-refractivity contribution in [3.8, 4) is 0 Å². The predicted octanol–water partition coefficient (Wildman–Crippen LogP) is 2.49. The standard InChI is InChI=1S/C18H28N2O3/c1-3-22-10-11-23-13-16-6-4-8-17(14(16)2)20-18(21)15-7-5-9-19-12-15/h4,6,8,15,19H,3,5,7,9-13H2,1-2H3,(H,20,21). The first-order chi connectivity index (χ1) is 11.2. The highest BCUT2D eigenvalue weighted by atomic mass is 16.5. The number of rotatable bonds is 8. The Bertz CT molecular complexity index is 499. The molecule has 2 rings (SSSR count). The van der Waals surface area contributed by atoms with Crippen molar-refractivity contribution in [3.05, 3.63) is 29.3 Å². The fourth-order valence-electron chi connectivity index (χ4n) is 2.73. The number of amides is 1. The van der Waals surface area contributed by atoms with Gasteiger partial charge in [-0.2, -0.15) is 0 Å². The van der Waals surface area contributed by atoms with Crippen LogP contribution in [0.4, 0.5) is 5.69 Å². The lowest BCUT2D eigenvalue weighted by atomic mass is 9.98. The van der Waals surface area contributed by atoms with Crippen molar-refractivity contribution in [1.82, 2.24) is 5.32 Å². The van der Waals surface area contributed by atoms with Crippen molar-refractivity contribution in [2.75, 3.05) is 38.2 Å². The zero-order valence-electron chi connectivity index (χ0n) is 14.2. The third-order valence-electron chi connectivity index (χ3n) is 4.21. The van der Waals surface area contributed by atoms with Crippen LogP contribution in [-0.2, 0) is 20.9 Å². The number of benzene rings is 1. The predicted molar refractivity (Wildman–Crippen MR) is 91.6 cm³/mol. The van der Waals surface area contributed by atoms with Gasteiger partial charge in [0, 0.05) is 18.8 Å². The highest BCUT2D eigenvalue weighted by molar-refractivity contribution is 5.93. The highest BCUT2D eigenvalue weighted by Crippen LogP contribution is 2.21. The summed E-state index contributed by atoms with van der Waals surface area (Å²) in [4.78, 5) is 12.4. The number of ether oxygens (including phenoxy) is 2. The first-order valence-corrected chi connectivity index (χ1v) is 8.48. The maximum Gasteiger partial charge on any atom is 0.228 e. The van der Waals surface area contributed by atoms with E-state index in [9.17, 15) is 4.79 Å². The zero-order valence-corrected chi connectivity index (χ0v) is 14.2. The molecule has 1 unspecified atom stereocenters. The second-order valence-corrected chi connectivity index (χ2v) is 5.87. The Balaban J connectivity index is 1.89. The van der Waals surface area contributed by atoms with Crippen molar-refractivity contribution >= 4 is 11.6 Å². The van der Waals surface area contributed by atoms with Crippen LogP contribution in [0.2, 0.25) is 0 Å². The van der Waals surface area contributed by atoms with E-state index in [1.54, 1.807) is 0 Å². The van der Waals surface area contributed by atoms with Crippen molar-refractivity contribution in [2.24, 2.45) is 5.92 Å². The summed E-state index contributed by atoms with van der Waals surface area (Å²) in [6.07, 6.45) is 2.02. The average Bonchev–Trinajstić information content (AvgIpc) is 2.58. The Kier molecular flexibility index (Phi) is 7.52. The fourth-order valence-corrected chi connectivity index (χ4v) is 2.73. The third kappa shape index (κ3) is 5.61. The largest absolute Gasteiger partial charge is 0.379 e. The van der Waals surface area contributed by atoms with Gasteiger partial charge in [-0.1, -0.05) is 12.1 Å². The van der Waals surface area contributed by atoms with Gasteiger partial charge in [0.25, 0.3) is 0 Å². The molecule has 5 nitrogen and oxygen atoms in total. The molecule has 128 valence electrons. The van der Waals surface area contributed by atoms with Gasteiger partial charge in [-0.15, -0.1) is 0 Å². The molecule has 0 spiro atoms. The first kappa shape index (κ1) is 17.9. The van der Waals surface area contributed by atoms with Gasteiger partial charge in [-0.3, -0.25) is 4.79 Å². The molecule has 1 aromatic rings. The normalized spacial score (nSPS) is 17.9. The minimum absolute atomic E-state index is 0.0641. The number of piperidine rings is 1. The van der Waals surface area contributed by atoms with Crippen LogP contribution in [0.25, 0.3) is 0 Å². The van der Waals surface area contributed by atoms with Crippen LogP contribution in [0.3, 0.4) is 0 Å². The highest BCUT2D eigenvalue weighted by Gasteiger charge is 2.21. The Hall–Kier alpha value is -1.43. The van der Waals surface area contributed by atoms with Crippen LogP contribution < -0.4 is 10.6 Å². The molecule has 1 aliphatic heterocycles. The average molecular weight is 320 g/mol. The monoisotopic (exact) mass is 320 g/mol. The Morgan fingerprint density at radius 3 is 2.91 bits per heavy atom. The summed E-state index contributed by atoms with van der Waals surface area (Å²) in [5.74, 6) is 0.170. The van der Waals surface area contributed by atoms with E-state index >= 15 is 0 Å². The summed E-state index contributed by atoms with van der Waals surface area (Å²) in [5.41, 5.74) is 3.05. The van der Waals surface area contributed by atoms with Crippen molar-refractivity contribution < 1.29 is 14.3 Å². The molecule has 1 aliphatic rings. The van der Waals surface area contributed by atoms with Crippen LogP contribution in [0.5, 0.6) is 0 Å². The van der Waals surface area contributed by atoms with E-state index in [0.717, 1.165) is 42.7 Å². The minimum atomic E-state index is 0.0641. The van der Waals surface area contributed by atoms with Crippen LogP contribution in [0.1, 0.15) is 30.9 Å². The summed E-state index contributed by atoms with van der Waals surface area (Å²) in [6, 6.07) is 5.95. The summed E-state index contributed by atoms with van der Waals surface area (Å²) in [5, 5.41) is 6.35. The van der Waals surface area contributed by atoms with Crippen LogP contribution in [-0.4, -0.2) is 38.8 Å². The molecular formula is C18H28N2O3. The number of carbonyl (C=O) groups excluding carboxylic acids is 1. The SMILES string of the molecule is CCOCCOCc1cccc(NC(=O)C2CCCNC2)c1C. The molecule has 0 bridgehead atoms. The molecule has 2 N–H and O–H groups in total. The Morgan fingerprint density at radius 1 is 1.35 bits per heavy atom. The summed E-state index contributed by atoms with van der Waals surface area (Å²) >= 11 is 0. The molecule has 1 saturated heterocycles. The summed E-state index contributed by atoms with van der Waals surface area (Å²) in [6.45, 7) is 8.21. The number of hydrogen-bond acceptors (Lipinski definition) is 4. The van der Waals surface area contributed by atoms with Gasteiger partial charge < -0.3 is 20.1 Å². The fraction of sp³-hybridized carbons (Fsp3) is 0.611. The lowest BCUT2D eigenvalue weighted by Crippen LogP contribution is -2.37. The lowest BCUT2D eigenvalue weighted by molar-refractivity contribution is -0.120. The molecule has 1 fully saturated rings. The van der Waals surface area contributed by atoms with E-state index in [2.05, 4.69) is 10.6 Å². The quantitative estimate of drug-likeness (QED) is 0.723. The van der Waals surface area contributed by atoms with E-state index in [0.29, 0.717) is 26.4 Å². The summed E-state index contributed by atoms with van der Waals surface area (Å²) < 4.78 is 10.9. The van der Waals surface area contributed by atoms with Gasteiger partial charge in [0.05, 0.1) is 25.7 Å². The van der Waals surface area contributed by atoms with Crippen LogP contribution >= 0.6 is 0 Å². The maximum absolute atomic E-state index is 12.4.